The first-order valence-electron chi connectivity index (χ1n) is 13.3. The first kappa shape index (κ1) is 24.9. The van der Waals surface area contributed by atoms with Crippen molar-refractivity contribution in [3.63, 3.8) is 0 Å². The van der Waals surface area contributed by atoms with Gasteiger partial charge in [0.15, 0.2) is 0 Å². The topological polar surface area (TPSA) is 23.6 Å². The highest BCUT2D eigenvalue weighted by Crippen LogP contribution is 2.55. The molecule has 196 valence electrons. The van der Waals surface area contributed by atoms with Crippen LogP contribution in [0, 0.1) is 17.5 Å². The highest BCUT2D eigenvalue weighted by molar-refractivity contribution is 5.97. The molecule has 6 heteroatoms. The van der Waals surface area contributed by atoms with E-state index in [0.717, 1.165) is 24.1 Å². The second-order valence-corrected chi connectivity index (χ2v) is 11.1. The molecule has 38 heavy (non-hydrogen) atoms. The number of halogens is 3. The third-order valence-electron chi connectivity index (χ3n) is 9.28. The lowest BCUT2D eigenvalue weighted by Gasteiger charge is -2.56. The van der Waals surface area contributed by atoms with Crippen LogP contribution in [0.1, 0.15) is 59.2 Å². The molecule has 3 aromatic rings. The van der Waals surface area contributed by atoms with Crippen LogP contribution in [0.15, 0.2) is 72.3 Å². The third-order valence-corrected chi connectivity index (χ3v) is 9.28. The summed E-state index contributed by atoms with van der Waals surface area (Å²) in [6, 6.07) is 18.7. The molecule has 3 aromatic carbocycles. The number of hydrogen-bond acceptors (Lipinski definition) is 2. The minimum absolute atomic E-state index is 0.273. The van der Waals surface area contributed by atoms with Crippen LogP contribution in [0.2, 0.25) is 0 Å². The zero-order valence-electron chi connectivity index (χ0n) is 21.7. The summed E-state index contributed by atoms with van der Waals surface area (Å²) in [4.78, 5) is 17.9. The van der Waals surface area contributed by atoms with Crippen molar-refractivity contribution in [2.45, 2.75) is 49.6 Å². The number of nitrogens with zero attached hydrogens (tertiary/aromatic N) is 2. The van der Waals surface area contributed by atoms with E-state index in [1.54, 1.807) is 17.0 Å². The van der Waals surface area contributed by atoms with Gasteiger partial charge in [-0.15, -0.1) is 0 Å². The minimum atomic E-state index is -0.835. The quantitative estimate of drug-likeness (QED) is 0.385. The molecule has 3 nitrogen and oxygen atoms in total. The molecule has 0 unspecified atom stereocenters. The standard InChI is InChI=1S/C32H31F3N2O/c1-36(2)31(22-8-5-9-23(33)20-22)14-16-32(17-15-31)26-19-21-7-3-4-10-24(21)25(26)13-18-37(32)30(38)29-27(34)11-6-12-28(29)35/h3-12,20H,13-19H2,1-2H3. The van der Waals surface area contributed by atoms with Gasteiger partial charge in [0, 0.05) is 12.1 Å². The van der Waals surface area contributed by atoms with Crippen molar-refractivity contribution in [2.24, 2.45) is 0 Å². The smallest absolute Gasteiger partial charge is 0.260 e. The van der Waals surface area contributed by atoms with Crippen LogP contribution < -0.4 is 0 Å². The van der Waals surface area contributed by atoms with Gasteiger partial charge in [-0.1, -0.05) is 42.5 Å². The van der Waals surface area contributed by atoms with Gasteiger partial charge >= 0.3 is 0 Å². The maximum atomic E-state index is 14.8. The van der Waals surface area contributed by atoms with Crippen molar-refractivity contribution in [2.75, 3.05) is 20.6 Å². The lowest BCUT2D eigenvalue weighted by atomic mass is 9.63. The normalized spacial score (nSPS) is 24.6. The van der Waals surface area contributed by atoms with Crippen molar-refractivity contribution < 1.29 is 18.0 Å². The van der Waals surface area contributed by atoms with Crippen molar-refractivity contribution in [1.82, 2.24) is 9.80 Å². The van der Waals surface area contributed by atoms with Crippen LogP contribution in [0.4, 0.5) is 13.2 Å². The van der Waals surface area contributed by atoms with Gasteiger partial charge < -0.3 is 4.90 Å². The van der Waals surface area contributed by atoms with Crippen LogP contribution in [0.5, 0.6) is 0 Å². The first-order valence-corrected chi connectivity index (χ1v) is 13.3. The number of hydrogen-bond donors (Lipinski definition) is 0. The van der Waals surface area contributed by atoms with Crippen LogP contribution >= 0.6 is 0 Å². The Balaban J connectivity index is 1.46. The second kappa shape index (κ2) is 9.12. The first-order chi connectivity index (χ1) is 18.3. The van der Waals surface area contributed by atoms with E-state index in [2.05, 4.69) is 17.0 Å². The molecule has 1 spiro atoms. The van der Waals surface area contributed by atoms with E-state index in [0.29, 0.717) is 38.6 Å². The van der Waals surface area contributed by atoms with Gasteiger partial charge in [-0.05, 0) is 105 Å². The molecule has 0 saturated heterocycles. The number of rotatable bonds is 3. The van der Waals surface area contributed by atoms with Crippen molar-refractivity contribution in [3.8, 4) is 0 Å². The molecule has 0 N–H and O–H groups in total. The van der Waals surface area contributed by atoms with E-state index >= 15 is 0 Å². The van der Waals surface area contributed by atoms with Gasteiger partial charge in [0.2, 0.25) is 0 Å². The van der Waals surface area contributed by atoms with Gasteiger partial charge in [0.25, 0.3) is 5.91 Å². The molecule has 0 bridgehead atoms. The largest absolute Gasteiger partial charge is 0.329 e. The number of carbonyl (C=O) groups excluding carboxylic acids is 1. The summed E-state index contributed by atoms with van der Waals surface area (Å²) in [5.41, 5.74) is 4.28. The maximum Gasteiger partial charge on any atom is 0.260 e. The fraction of sp³-hybridized carbons (Fsp3) is 0.344. The molecule has 1 amide bonds. The Kier molecular flexibility index (Phi) is 5.98. The molecule has 2 aliphatic carbocycles. The summed E-state index contributed by atoms with van der Waals surface area (Å²) in [7, 11) is 4.02. The van der Waals surface area contributed by atoms with Crippen molar-refractivity contribution in [1.29, 1.82) is 0 Å². The average molecular weight is 517 g/mol. The monoisotopic (exact) mass is 516 g/mol. The zero-order chi connectivity index (χ0) is 26.7. The predicted molar refractivity (Wildman–Crippen MR) is 142 cm³/mol. The Morgan fingerprint density at radius 1 is 0.868 bits per heavy atom. The highest BCUT2D eigenvalue weighted by atomic mass is 19.1. The maximum absolute atomic E-state index is 14.8. The average Bonchev–Trinajstić information content (AvgIpc) is 3.29. The minimum Gasteiger partial charge on any atom is -0.329 e. The molecular weight excluding hydrogens is 485 g/mol. The summed E-state index contributed by atoms with van der Waals surface area (Å²) in [6.07, 6.45) is 3.98. The lowest BCUT2D eigenvalue weighted by molar-refractivity contribution is 0.00666. The zero-order valence-corrected chi connectivity index (χ0v) is 21.7. The molecule has 1 fully saturated rings. The molecule has 1 aliphatic heterocycles. The summed E-state index contributed by atoms with van der Waals surface area (Å²) < 4.78 is 44.0. The van der Waals surface area contributed by atoms with Crippen LogP contribution in [0.3, 0.4) is 0 Å². The lowest BCUT2D eigenvalue weighted by Crippen LogP contribution is -2.60. The van der Waals surface area contributed by atoms with E-state index < -0.39 is 34.2 Å². The fourth-order valence-electron chi connectivity index (χ4n) is 7.31. The van der Waals surface area contributed by atoms with Gasteiger partial charge in [-0.2, -0.15) is 0 Å². The Labute approximate surface area is 221 Å². The molecule has 1 heterocycles. The van der Waals surface area contributed by atoms with E-state index in [-0.39, 0.29) is 5.82 Å². The van der Waals surface area contributed by atoms with Crippen LogP contribution in [0.25, 0.3) is 5.57 Å². The predicted octanol–water partition coefficient (Wildman–Crippen LogP) is 6.73. The molecule has 6 rings (SSSR count). The van der Waals surface area contributed by atoms with E-state index in [4.69, 9.17) is 0 Å². The summed E-state index contributed by atoms with van der Waals surface area (Å²) in [6.45, 7) is 0.398. The van der Waals surface area contributed by atoms with Crippen LogP contribution in [-0.2, 0) is 12.0 Å². The summed E-state index contributed by atoms with van der Waals surface area (Å²) in [5.74, 6) is -2.54. The molecule has 0 radical (unpaired) electrons. The highest BCUT2D eigenvalue weighted by Gasteiger charge is 2.54. The number of amides is 1. The van der Waals surface area contributed by atoms with Gasteiger partial charge in [0.1, 0.15) is 23.0 Å². The number of carbonyl (C=O) groups is 1. The molecule has 0 aromatic heterocycles. The van der Waals surface area contributed by atoms with Crippen LogP contribution in [-0.4, -0.2) is 41.9 Å². The van der Waals surface area contributed by atoms with Gasteiger partial charge in [0.05, 0.1) is 5.54 Å². The van der Waals surface area contributed by atoms with Gasteiger partial charge in [-0.25, -0.2) is 13.2 Å². The number of fused-ring (bicyclic) bond motifs is 3. The molecule has 3 aliphatic rings. The van der Waals surface area contributed by atoms with E-state index in [1.807, 2.05) is 32.3 Å². The van der Waals surface area contributed by atoms with E-state index in [1.165, 1.54) is 34.4 Å². The fourth-order valence-corrected chi connectivity index (χ4v) is 7.31. The second-order valence-electron chi connectivity index (χ2n) is 11.1. The van der Waals surface area contributed by atoms with E-state index in [9.17, 15) is 18.0 Å². The molecule has 1 saturated carbocycles. The molecule has 0 atom stereocenters. The Morgan fingerprint density at radius 3 is 2.24 bits per heavy atom. The number of benzene rings is 3. The Morgan fingerprint density at radius 2 is 1.55 bits per heavy atom. The summed E-state index contributed by atoms with van der Waals surface area (Å²) in [5, 5.41) is 0. The molecular formula is C32H31F3N2O. The summed E-state index contributed by atoms with van der Waals surface area (Å²) >= 11 is 0. The SMILES string of the molecule is CN(C)C1(c2cccc(F)c2)CCC2(CC1)C1=C(CCN2C(=O)c2c(F)cccc2F)c2ccccc2C1. The third kappa shape index (κ3) is 3.64. The van der Waals surface area contributed by atoms with Crippen molar-refractivity contribution >= 4 is 11.5 Å². The Hall–Kier alpha value is -3.38. The Bertz CT molecular complexity index is 1430. The van der Waals surface area contributed by atoms with Gasteiger partial charge in [-0.3, -0.25) is 9.69 Å². The van der Waals surface area contributed by atoms with Crippen molar-refractivity contribution in [3.05, 3.63) is 112 Å².